The van der Waals surface area contributed by atoms with Crippen molar-refractivity contribution in [3.8, 4) is 0 Å². The van der Waals surface area contributed by atoms with E-state index >= 15 is 0 Å². The van der Waals surface area contributed by atoms with Gasteiger partial charge in [-0.15, -0.1) is 0 Å². The topological polar surface area (TPSA) is 105 Å². The van der Waals surface area contributed by atoms with Crippen LogP contribution in [0.25, 0.3) is 0 Å². The van der Waals surface area contributed by atoms with Gasteiger partial charge in [0.2, 0.25) is 0 Å². The lowest BCUT2D eigenvalue weighted by molar-refractivity contribution is -0.143. The second-order valence-electron chi connectivity index (χ2n) is 4.71. The molecule has 0 aliphatic carbocycles. The minimum absolute atomic E-state index is 0.0545. The van der Waals surface area contributed by atoms with Crippen LogP contribution in [-0.2, 0) is 38.1 Å². The van der Waals surface area contributed by atoms with Gasteiger partial charge in [-0.25, -0.2) is 19.2 Å². The summed E-state index contributed by atoms with van der Waals surface area (Å²) in [6.07, 6.45) is 8.27. The molecule has 0 aromatic carbocycles. The Bertz CT molecular complexity index is 497. The third-order valence-electron chi connectivity index (χ3n) is 2.52. The van der Waals surface area contributed by atoms with Crippen molar-refractivity contribution in [1.82, 2.24) is 0 Å². The Morgan fingerprint density at radius 2 is 0.808 bits per heavy atom. The summed E-state index contributed by atoms with van der Waals surface area (Å²) in [5.74, 6) is -2.33. The van der Waals surface area contributed by atoms with Crippen LogP contribution in [0.1, 0.15) is 26.7 Å². The van der Waals surface area contributed by atoms with Crippen molar-refractivity contribution in [1.29, 1.82) is 0 Å². The van der Waals surface area contributed by atoms with Crippen LogP contribution in [0.4, 0.5) is 0 Å². The van der Waals surface area contributed by atoms with Gasteiger partial charge in [-0.1, -0.05) is 12.2 Å². The molecule has 0 heterocycles. The fourth-order valence-corrected chi connectivity index (χ4v) is 1.41. The van der Waals surface area contributed by atoms with Gasteiger partial charge >= 0.3 is 23.9 Å². The number of allylic oxidation sites excluding steroid dienone is 2. The minimum atomic E-state index is -0.706. The van der Waals surface area contributed by atoms with Crippen LogP contribution < -0.4 is 0 Å². The van der Waals surface area contributed by atoms with Crippen LogP contribution in [0.3, 0.4) is 0 Å². The lowest BCUT2D eigenvalue weighted by Crippen LogP contribution is -2.10. The molecule has 0 radical (unpaired) electrons. The van der Waals surface area contributed by atoms with E-state index in [9.17, 15) is 19.2 Å². The van der Waals surface area contributed by atoms with Crippen molar-refractivity contribution in [3.63, 3.8) is 0 Å². The molecule has 0 bridgehead atoms. The average molecular weight is 368 g/mol. The van der Waals surface area contributed by atoms with Gasteiger partial charge in [-0.05, 0) is 13.8 Å². The summed E-state index contributed by atoms with van der Waals surface area (Å²) in [6, 6.07) is 0. The zero-order valence-corrected chi connectivity index (χ0v) is 15.0. The maximum absolute atomic E-state index is 11.4. The molecule has 0 aromatic rings. The standard InChI is InChI=1S/C18H24O8/c1-3-7-15(19)23-11-5-13-25-17(21)9-10-18(22)26-14-6-12-24-16(20)8-4-2/h3-4,7-10H,5-6,11-14H2,1-2H3/b7-3?,8-4?,10-9-. The van der Waals surface area contributed by atoms with E-state index in [0.29, 0.717) is 12.8 Å². The lowest BCUT2D eigenvalue weighted by atomic mass is 10.4. The molecule has 8 heteroatoms. The third kappa shape index (κ3) is 14.7. The average Bonchev–Trinajstić information content (AvgIpc) is 2.59. The van der Waals surface area contributed by atoms with Crippen LogP contribution in [0.15, 0.2) is 36.5 Å². The van der Waals surface area contributed by atoms with Gasteiger partial charge < -0.3 is 18.9 Å². The summed E-state index contributed by atoms with van der Waals surface area (Å²) in [5.41, 5.74) is 0. The molecule has 8 nitrogen and oxygen atoms in total. The molecule has 0 unspecified atom stereocenters. The summed E-state index contributed by atoms with van der Waals surface area (Å²) in [5, 5.41) is 0. The number of carbonyl (C=O) groups is 4. The van der Waals surface area contributed by atoms with Gasteiger partial charge in [0, 0.05) is 37.1 Å². The summed E-state index contributed by atoms with van der Waals surface area (Å²) < 4.78 is 19.3. The van der Waals surface area contributed by atoms with Crippen LogP contribution in [-0.4, -0.2) is 50.3 Å². The molecule has 144 valence electrons. The van der Waals surface area contributed by atoms with E-state index in [1.807, 2.05) is 0 Å². The first-order valence-corrected chi connectivity index (χ1v) is 8.10. The Hall–Kier alpha value is -2.90. The van der Waals surface area contributed by atoms with E-state index in [2.05, 4.69) is 0 Å². The molecule has 0 spiro atoms. The fourth-order valence-electron chi connectivity index (χ4n) is 1.41. The van der Waals surface area contributed by atoms with Crippen molar-refractivity contribution < 1.29 is 38.1 Å². The number of esters is 4. The molecule has 0 aliphatic heterocycles. The highest BCUT2D eigenvalue weighted by Gasteiger charge is 2.03. The van der Waals surface area contributed by atoms with E-state index < -0.39 is 23.9 Å². The monoisotopic (exact) mass is 368 g/mol. The maximum atomic E-state index is 11.4. The van der Waals surface area contributed by atoms with Gasteiger partial charge in [0.05, 0.1) is 26.4 Å². The van der Waals surface area contributed by atoms with E-state index in [0.717, 1.165) is 12.2 Å². The Morgan fingerprint density at radius 1 is 0.538 bits per heavy atom. The van der Waals surface area contributed by atoms with Crippen molar-refractivity contribution in [2.24, 2.45) is 0 Å². The first kappa shape index (κ1) is 23.1. The predicted octanol–water partition coefficient (Wildman–Crippen LogP) is 1.65. The number of carbonyl (C=O) groups excluding carboxylic acids is 4. The molecule has 0 rings (SSSR count). The first-order chi connectivity index (χ1) is 12.5. The second kappa shape index (κ2) is 15.6. The smallest absolute Gasteiger partial charge is 0.331 e. The Labute approximate surface area is 152 Å². The molecule has 0 N–H and O–H groups in total. The SMILES string of the molecule is CC=CC(=O)OCCCOC(=O)/C=C\C(=O)OCCCOC(=O)C=CC. The van der Waals surface area contributed by atoms with E-state index in [1.165, 1.54) is 12.2 Å². The molecule has 0 saturated heterocycles. The van der Waals surface area contributed by atoms with Gasteiger partial charge in [0.25, 0.3) is 0 Å². The first-order valence-electron chi connectivity index (χ1n) is 8.10. The molecule has 0 aliphatic rings. The molecule has 0 atom stereocenters. The molecule has 0 amide bonds. The molecule has 0 aromatic heterocycles. The highest BCUT2D eigenvalue weighted by atomic mass is 16.6. The van der Waals surface area contributed by atoms with E-state index in [-0.39, 0.29) is 26.4 Å². The Balaban J connectivity index is 3.71. The fraction of sp³-hybridized carbons (Fsp3) is 0.444. The van der Waals surface area contributed by atoms with Gasteiger partial charge in [0.1, 0.15) is 0 Å². The number of hydrogen-bond donors (Lipinski definition) is 0. The van der Waals surface area contributed by atoms with Crippen molar-refractivity contribution in [3.05, 3.63) is 36.5 Å². The molecule has 0 fully saturated rings. The van der Waals surface area contributed by atoms with Gasteiger partial charge in [-0.2, -0.15) is 0 Å². The van der Waals surface area contributed by atoms with Crippen molar-refractivity contribution in [2.75, 3.05) is 26.4 Å². The summed E-state index contributed by atoms with van der Waals surface area (Å²) in [7, 11) is 0. The van der Waals surface area contributed by atoms with Crippen LogP contribution in [0, 0.1) is 0 Å². The summed E-state index contributed by atoms with van der Waals surface area (Å²) in [6.45, 7) is 3.75. The van der Waals surface area contributed by atoms with Crippen LogP contribution in [0.2, 0.25) is 0 Å². The Morgan fingerprint density at radius 3 is 1.08 bits per heavy atom. The third-order valence-corrected chi connectivity index (χ3v) is 2.52. The number of hydrogen-bond acceptors (Lipinski definition) is 8. The van der Waals surface area contributed by atoms with E-state index in [4.69, 9.17) is 18.9 Å². The molecular formula is C18H24O8. The largest absolute Gasteiger partial charge is 0.462 e. The highest BCUT2D eigenvalue weighted by molar-refractivity contribution is 5.91. The van der Waals surface area contributed by atoms with Crippen molar-refractivity contribution in [2.45, 2.75) is 26.7 Å². The van der Waals surface area contributed by atoms with Crippen LogP contribution >= 0.6 is 0 Å². The zero-order valence-electron chi connectivity index (χ0n) is 15.0. The highest BCUT2D eigenvalue weighted by Crippen LogP contribution is 1.92. The quantitative estimate of drug-likeness (QED) is 0.222. The predicted molar refractivity (Wildman–Crippen MR) is 91.8 cm³/mol. The lowest BCUT2D eigenvalue weighted by Gasteiger charge is -2.03. The maximum Gasteiger partial charge on any atom is 0.331 e. The normalized spacial score (nSPS) is 11.0. The number of ether oxygens (including phenoxy) is 4. The molecule has 26 heavy (non-hydrogen) atoms. The zero-order chi connectivity index (χ0) is 19.6. The Kier molecular flexibility index (Phi) is 13.9. The summed E-state index contributed by atoms with van der Waals surface area (Å²) >= 11 is 0. The number of rotatable bonds is 12. The summed E-state index contributed by atoms with van der Waals surface area (Å²) in [4.78, 5) is 44.7. The molecular weight excluding hydrogens is 344 g/mol. The van der Waals surface area contributed by atoms with Gasteiger partial charge in [-0.3, -0.25) is 0 Å². The van der Waals surface area contributed by atoms with Crippen LogP contribution in [0.5, 0.6) is 0 Å². The molecule has 0 saturated carbocycles. The van der Waals surface area contributed by atoms with Gasteiger partial charge in [0.15, 0.2) is 0 Å². The van der Waals surface area contributed by atoms with Crippen molar-refractivity contribution >= 4 is 23.9 Å². The second-order valence-corrected chi connectivity index (χ2v) is 4.71. The minimum Gasteiger partial charge on any atom is -0.462 e. The van der Waals surface area contributed by atoms with E-state index in [1.54, 1.807) is 26.0 Å².